The molecule has 2 aromatic rings. The molecule has 2 rings (SSSR count). The van der Waals surface area contributed by atoms with Gasteiger partial charge in [0.15, 0.2) is 0 Å². The fourth-order valence-corrected chi connectivity index (χ4v) is 3.14. The van der Waals surface area contributed by atoms with Gasteiger partial charge in [-0.1, -0.05) is 37.3 Å². The van der Waals surface area contributed by atoms with Crippen LogP contribution in [0.1, 0.15) is 29.3 Å². The van der Waals surface area contributed by atoms with Crippen molar-refractivity contribution in [3.63, 3.8) is 0 Å². The van der Waals surface area contributed by atoms with Gasteiger partial charge in [-0.05, 0) is 41.3 Å². The Morgan fingerprint density at radius 1 is 1.03 bits per heavy atom. The molecule has 0 aliphatic rings. The summed E-state index contributed by atoms with van der Waals surface area (Å²) in [5.41, 5.74) is 9.19. The fourth-order valence-electron chi connectivity index (χ4n) is 3.14. The van der Waals surface area contributed by atoms with Crippen LogP contribution in [0.5, 0.6) is 0 Å². The zero-order valence-electron chi connectivity index (χ0n) is 17.6. The number of ether oxygens (including phenoxy) is 1. The van der Waals surface area contributed by atoms with E-state index in [1.807, 2.05) is 47.4 Å². The van der Waals surface area contributed by atoms with Gasteiger partial charge < -0.3 is 20.3 Å². The van der Waals surface area contributed by atoms with Crippen molar-refractivity contribution in [3.8, 4) is 11.1 Å². The second kappa shape index (κ2) is 11.3. The zero-order chi connectivity index (χ0) is 21.2. The van der Waals surface area contributed by atoms with Crippen LogP contribution in [0.3, 0.4) is 0 Å². The van der Waals surface area contributed by atoms with Crippen molar-refractivity contribution in [1.29, 1.82) is 0 Å². The van der Waals surface area contributed by atoms with Gasteiger partial charge in [-0.2, -0.15) is 0 Å². The Kier molecular flexibility index (Phi) is 8.83. The number of likely N-dealkylation sites (N-methyl/N-ethyl adjacent to an activating group) is 1. The van der Waals surface area contributed by atoms with E-state index in [0.717, 1.165) is 23.1 Å². The summed E-state index contributed by atoms with van der Waals surface area (Å²) < 4.78 is 5.12. The van der Waals surface area contributed by atoms with E-state index in [1.54, 1.807) is 19.1 Å². The molecule has 6 nitrogen and oxygen atoms in total. The Labute approximate surface area is 173 Å². The van der Waals surface area contributed by atoms with E-state index in [4.69, 9.17) is 10.5 Å². The summed E-state index contributed by atoms with van der Waals surface area (Å²) in [6, 6.07) is 15.7. The lowest BCUT2D eigenvalue weighted by molar-refractivity contribution is -0.128. The number of amides is 2. The highest BCUT2D eigenvalue weighted by atomic mass is 16.5. The first-order valence-electron chi connectivity index (χ1n) is 9.91. The Morgan fingerprint density at radius 3 is 2.38 bits per heavy atom. The van der Waals surface area contributed by atoms with Crippen LogP contribution in [0.25, 0.3) is 11.1 Å². The first-order chi connectivity index (χ1) is 14.0. The summed E-state index contributed by atoms with van der Waals surface area (Å²) in [4.78, 5) is 27.9. The summed E-state index contributed by atoms with van der Waals surface area (Å²) in [6.45, 7) is 4.39. The highest BCUT2D eigenvalue weighted by Gasteiger charge is 2.15. The van der Waals surface area contributed by atoms with Gasteiger partial charge in [0.2, 0.25) is 5.91 Å². The van der Waals surface area contributed by atoms with Gasteiger partial charge in [-0.15, -0.1) is 0 Å². The largest absolute Gasteiger partial charge is 0.383 e. The molecule has 2 amide bonds. The van der Waals surface area contributed by atoms with E-state index in [2.05, 4.69) is 13.0 Å². The maximum Gasteiger partial charge on any atom is 0.253 e. The summed E-state index contributed by atoms with van der Waals surface area (Å²) in [7, 11) is 3.38. The molecule has 156 valence electrons. The van der Waals surface area contributed by atoms with Crippen LogP contribution in [0.2, 0.25) is 0 Å². The Bertz CT molecular complexity index is 805. The summed E-state index contributed by atoms with van der Waals surface area (Å²) in [5.74, 6) is -0.0745. The van der Waals surface area contributed by atoms with Crippen molar-refractivity contribution in [3.05, 3.63) is 59.7 Å². The van der Waals surface area contributed by atoms with E-state index in [-0.39, 0.29) is 18.4 Å². The minimum atomic E-state index is -0.0941. The van der Waals surface area contributed by atoms with E-state index in [0.29, 0.717) is 31.8 Å². The molecule has 6 heteroatoms. The monoisotopic (exact) mass is 397 g/mol. The second-order valence-corrected chi connectivity index (χ2v) is 7.02. The number of carbonyl (C=O) groups excluding carboxylic acids is 2. The van der Waals surface area contributed by atoms with E-state index < -0.39 is 0 Å². The second-order valence-electron chi connectivity index (χ2n) is 7.02. The highest BCUT2D eigenvalue weighted by Crippen LogP contribution is 2.22. The molecule has 0 spiro atoms. The van der Waals surface area contributed by atoms with Crippen molar-refractivity contribution in [2.24, 2.45) is 5.73 Å². The molecular formula is C23H31N3O3. The van der Waals surface area contributed by atoms with Crippen molar-refractivity contribution in [2.45, 2.75) is 19.9 Å². The maximum atomic E-state index is 12.8. The van der Waals surface area contributed by atoms with Crippen LogP contribution in [-0.2, 0) is 16.1 Å². The number of nitrogens with zero attached hydrogens (tertiary/aromatic N) is 2. The lowest BCUT2D eigenvalue weighted by Crippen LogP contribution is -2.34. The molecule has 0 saturated carbocycles. The van der Waals surface area contributed by atoms with Crippen LogP contribution < -0.4 is 5.73 Å². The molecule has 2 aromatic carbocycles. The third-order valence-corrected chi connectivity index (χ3v) is 4.76. The standard InChI is InChI=1S/C23H31N3O3/c1-4-12-26(13-14-29-3)23(28)20-10-8-19(9-11-20)21-7-5-6-18(15-21)17-25(2)22(27)16-24/h5-11,15H,4,12-14,16-17,24H2,1-3H3. The number of methoxy groups -OCH3 is 1. The van der Waals surface area contributed by atoms with Gasteiger partial charge in [0.05, 0.1) is 13.2 Å². The molecule has 0 bridgehead atoms. The number of hydrogen-bond acceptors (Lipinski definition) is 4. The van der Waals surface area contributed by atoms with Crippen molar-refractivity contribution < 1.29 is 14.3 Å². The minimum absolute atomic E-state index is 0.00507. The predicted molar refractivity (Wildman–Crippen MR) is 115 cm³/mol. The lowest BCUT2D eigenvalue weighted by Gasteiger charge is -2.22. The van der Waals surface area contributed by atoms with Crippen LogP contribution >= 0.6 is 0 Å². The molecule has 0 aliphatic carbocycles. The first kappa shape index (κ1) is 22.6. The van der Waals surface area contributed by atoms with Crippen molar-refractivity contribution in [1.82, 2.24) is 9.80 Å². The quantitative estimate of drug-likeness (QED) is 0.669. The molecule has 0 heterocycles. The zero-order valence-corrected chi connectivity index (χ0v) is 17.6. The van der Waals surface area contributed by atoms with Crippen molar-refractivity contribution in [2.75, 3.05) is 40.4 Å². The van der Waals surface area contributed by atoms with Gasteiger partial charge in [0.1, 0.15) is 0 Å². The Morgan fingerprint density at radius 2 is 1.76 bits per heavy atom. The predicted octanol–water partition coefficient (Wildman–Crippen LogP) is 2.77. The smallest absolute Gasteiger partial charge is 0.253 e. The Balaban J connectivity index is 2.14. The van der Waals surface area contributed by atoms with Gasteiger partial charge in [0, 0.05) is 39.4 Å². The van der Waals surface area contributed by atoms with Crippen LogP contribution in [0.15, 0.2) is 48.5 Å². The SMILES string of the molecule is CCCN(CCOC)C(=O)c1ccc(-c2cccc(CN(C)C(=O)CN)c2)cc1. The number of hydrogen-bond donors (Lipinski definition) is 1. The minimum Gasteiger partial charge on any atom is -0.383 e. The van der Waals surface area contributed by atoms with Gasteiger partial charge >= 0.3 is 0 Å². The van der Waals surface area contributed by atoms with Gasteiger partial charge in [0.25, 0.3) is 5.91 Å². The highest BCUT2D eigenvalue weighted by molar-refractivity contribution is 5.94. The molecule has 0 atom stereocenters. The first-order valence-corrected chi connectivity index (χ1v) is 9.91. The average molecular weight is 398 g/mol. The average Bonchev–Trinajstić information content (AvgIpc) is 2.75. The third-order valence-electron chi connectivity index (χ3n) is 4.76. The summed E-state index contributed by atoms with van der Waals surface area (Å²) in [5, 5.41) is 0. The third kappa shape index (κ3) is 6.41. The maximum absolute atomic E-state index is 12.8. The molecule has 0 aromatic heterocycles. The Hall–Kier alpha value is -2.70. The lowest BCUT2D eigenvalue weighted by atomic mass is 10.0. The van der Waals surface area contributed by atoms with Crippen molar-refractivity contribution >= 4 is 11.8 Å². The molecule has 0 radical (unpaired) electrons. The normalized spacial score (nSPS) is 10.6. The van der Waals surface area contributed by atoms with E-state index in [9.17, 15) is 9.59 Å². The van der Waals surface area contributed by atoms with Gasteiger partial charge in [-0.3, -0.25) is 9.59 Å². The topological polar surface area (TPSA) is 75.9 Å². The van der Waals surface area contributed by atoms with Crippen LogP contribution in [0.4, 0.5) is 0 Å². The van der Waals surface area contributed by atoms with E-state index in [1.165, 1.54) is 0 Å². The molecule has 0 unspecified atom stereocenters. The summed E-state index contributed by atoms with van der Waals surface area (Å²) >= 11 is 0. The molecule has 29 heavy (non-hydrogen) atoms. The van der Waals surface area contributed by atoms with Crippen LogP contribution in [0, 0.1) is 0 Å². The molecule has 0 aliphatic heterocycles. The molecule has 0 saturated heterocycles. The summed E-state index contributed by atoms with van der Waals surface area (Å²) in [6.07, 6.45) is 0.904. The van der Waals surface area contributed by atoms with Gasteiger partial charge in [-0.25, -0.2) is 0 Å². The molecular weight excluding hydrogens is 366 g/mol. The molecule has 0 fully saturated rings. The van der Waals surface area contributed by atoms with Crippen LogP contribution in [-0.4, -0.2) is 62.0 Å². The fraction of sp³-hybridized carbons (Fsp3) is 0.391. The number of rotatable bonds is 10. The van der Waals surface area contributed by atoms with E-state index >= 15 is 0 Å². The number of carbonyl (C=O) groups is 2. The number of nitrogens with two attached hydrogens (primary N) is 1. The number of benzene rings is 2. The molecule has 2 N–H and O–H groups in total.